The first-order chi connectivity index (χ1) is 7.24. The molecule has 4 heteroatoms. The van der Waals surface area contributed by atoms with Crippen LogP contribution in [-0.2, 0) is 8.85 Å². The second kappa shape index (κ2) is 10.9. The predicted molar refractivity (Wildman–Crippen MR) is 69.0 cm³/mol. The standard InChI is InChI=1S/C11H25ClO2Si/c1-4-7-8-9-11(12)10-15(13-5-2)14-6-3/h11,15H,4-10H2,1-3H3. The Kier molecular flexibility index (Phi) is 11.2. The van der Waals surface area contributed by atoms with Crippen LogP contribution >= 0.6 is 11.6 Å². The van der Waals surface area contributed by atoms with Crippen molar-refractivity contribution in [3.63, 3.8) is 0 Å². The first-order valence-electron chi connectivity index (χ1n) is 6.11. The second-order valence-corrected chi connectivity index (χ2v) is 6.28. The van der Waals surface area contributed by atoms with E-state index in [-0.39, 0.29) is 5.38 Å². The molecule has 0 saturated heterocycles. The summed E-state index contributed by atoms with van der Waals surface area (Å²) in [6.07, 6.45) is 4.85. The van der Waals surface area contributed by atoms with Crippen LogP contribution in [0.1, 0.15) is 46.5 Å². The maximum Gasteiger partial charge on any atom is 0.322 e. The van der Waals surface area contributed by atoms with E-state index in [1.54, 1.807) is 0 Å². The third-order valence-corrected chi connectivity index (χ3v) is 5.33. The maximum atomic E-state index is 6.26. The fourth-order valence-electron chi connectivity index (χ4n) is 1.50. The zero-order valence-electron chi connectivity index (χ0n) is 10.3. The maximum absolute atomic E-state index is 6.26. The third kappa shape index (κ3) is 9.36. The van der Waals surface area contributed by atoms with Crippen molar-refractivity contribution in [2.75, 3.05) is 13.2 Å². The third-order valence-electron chi connectivity index (χ3n) is 2.27. The number of unbranched alkanes of at least 4 members (excludes halogenated alkanes) is 2. The zero-order chi connectivity index (χ0) is 11.5. The Morgan fingerprint density at radius 2 is 1.67 bits per heavy atom. The van der Waals surface area contributed by atoms with Gasteiger partial charge in [0, 0.05) is 24.6 Å². The quantitative estimate of drug-likeness (QED) is 0.337. The summed E-state index contributed by atoms with van der Waals surface area (Å²) in [5.41, 5.74) is 0. The van der Waals surface area contributed by atoms with E-state index >= 15 is 0 Å². The number of hydrogen-bond acceptors (Lipinski definition) is 2. The number of hydrogen-bond donors (Lipinski definition) is 0. The normalized spacial score (nSPS) is 13.4. The fourth-order valence-corrected chi connectivity index (χ4v) is 3.85. The van der Waals surface area contributed by atoms with Gasteiger partial charge >= 0.3 is 9.28 Å². The molecule has 0 aromatic heterocycles. The van der Waals surface area contributed by atoms with Gasteiger partial charge in [0.15, 0.2) is 0 Å². The summed E-state index contributed by atoms with van der Waals surface area (Å²) in [5, 5.41) is 0.242. The molecule has 0 aliphatic heterocycles. The van der Waals surface area contributed by atoms with E-state index < -0.39 is 9.28 Å². The Balaban J connectivity index is 3.62. The predicted octanol–water partition coefficient (Wildman–Crippen LogP) is 3.47. The average Bonchev–Trinajstić information content (AvgIpc) is 2.19. The lowest BCUT2D eigenvalue weighted by molar-refractivity contribution is 0.213. The molecule has 0 rings (SSSR count). The van der Waals surface area contributed by atoms with Crippen molar-refractivity contribution < 1.29 is 8.85 Å². The van der Waals surface area contributed by atoms with Gasteiger partial charge in [0.25, 0.3) is 0 Å². The Labute approximate surface area is 101 Å². The molecule has 2 nitrogen and oxygen atoms in total. The Morgan fingerprint density at radius 1 is 1.07 bits per heavy atom. The minimum Gasteiger partial charge on any atom is -0.397 e. The lowest BCUT2D eigenvalue weighted by atomic mass is 10.2. The van der Waals surface area contributed by atoms with Crippen LogP contribution in [0.15, 0.2) is 0 Å². The largest absolute Gasteiger partial charge is 0.397 e. The molecule has 0 aromatic carbocycles. The topological polar surface area (TPSA) is 18.5 Å². The first kappa shape index (κ1) is 15.4. The Hall–Kier alpha value is 0.427. The summed E-state index contributed by atoms with van der Waals surface area (Å²) in [6, 6.07) is 0.937. The molecule has 0 aliphatic carbocycles. The van der Waals surface area contributed by atoms with Gasteiger partial charge in [0.05, 0.1) is 0 Å². The van der Waals surface area contributed by atoms with Crippen LogP contribution in [0.3, 0.4) is 0 Å². The number of halogens is 1. The molecule has 0 aromatic rings. The fraction of sp³-hybridized carbons (Fsp3) is 1.00. The van der Waals surface area contributed by atoms with E-state index in [1.165, 1.54) is 19.3 Å². The van der Waals surface area contributed by atoms with Crippen molar-refractivity contribution in [3.8, 4) is 0 Å². The van der Waals surface area contributed by atoms with Gasteiger partial charge in [-0.05, 0) is 20.3 Å². The van der Waals surface area contributed by atoms with Gasteiger partial charge in [-0.2, -0.15) is 0 Å². The summed E-state index contributed by atoms with van der Waals surface area (Å²) in [7, 11) is -1.48. The van der Waals surface area contributed by atoms with Crippen molar-refractivity contribution in [1.82, 2.24) is 0 Å². The van der Waals surface area contributed by atoms with Crippen LogP contribution in [-0.4, -0.2) is 27.9 Å². The molecule has 0 bridgehead atoms. The van der Waals surface area contributed by atoms with Gasteiger partial charge < -0.3 is 8.85 Å². The van der Waals surface area contributed by atoms with E-state index in [4.69, 9.17) is 20.5 Å². The Bertz CT molecular complexity index is 130. The van der Waals surface area contributed by atoms with Crippen LogP contribution in [0.5, 0.6) is 0 Å². The van der Waals surface area contributed by atoms with Gasteiger partial charge in [0.2, 0.25) is 0 Å². The van der Waals surface area contributed by atoms with Crippen LogP contribution < -0.4 is 0 Å². The molecule has 0 spiro atoms. The van der Waals surface area contributed by atoms with E-state index in [0.29, 0.717) is 0 Å². The number of alkyl halides is 1. The second-order valence-electron chi connectivity index (χ2n) is 3.67. The molecular formula is C11H25ClO2Si. The minimum absolute atomic E-state index is 0.242. The molecular weight excluding hydrogens is 228 g/mol. The minimum atomic E-state index is -1.48. The van der Waals surface area contributed by atoms with Gasteiger partial charge in [0.1, 0.15) is 0 Å². The van der Waals surface area contributed by atoms with Crippen molar-refractivity contribution >= 4 is 20.9 Å². The molecule has 0 radical (unpaired) electrons. The monoisotopic (exact) mass is 252 g/mol. The zero-order valence-corrected chi connectivity index (χ0v) is 12.2. The lowest BCUT2D eigenvalue weighted by Gasteiger charge is -2.17. The number of rotatable bonds is 10. The highest BCUT2D eigenvalue weighted by Crippen LogP contribution is 2.16. The molecule has 0 N–H and O–H groups in total. The molecule has 0 saturated carbocycles. The van der Waals surface area contributed by atoms with Gasteiger partial charge in [-0.15, -0.1) is 11.6 Å². The molecule has 1 atom stereocenters. The lowest BCUT2D eigenvalue weighted by Crippen LogP contribution is -2.26. The van der Waals surface area contributed by atoms with Crippen molar-refractivity contribution in [1.29, 1.82) is 0 Å². The van der Waals surface area contributed by atoms with Gasteiger partial charge in [-0.25, -0.2) is 0 Å². The van der Waals surface area contributed by atoms with E-state index in [2.05, 4.69) is 6.92 Å². The van der Waals surface area contributed by atoms with Crippen LogP contribution in [0.2, 0.25) is 6.04 Å². The van der Waals surface area contributed by atoms with E-state index in [9.17, 15) is 0 Å². The summed E-state index contributed by atoms with van der Waals surface area (Å²) < 4.78 is 11.2. The molecule has 0 amide bonds. The molecule has 92 valence electrons. The van der Waals surface area contributed by atoms with Crippen molar-refractivity contribution in [2.45, 2.75) is 57.9 Å². The van der Waals surface area contributed by atoms with E-state index in [0.717, 1.165) is 25.7 Å². The van der Waals surface area contributed by atoms with Gasteiger partial charge in [-0.1, -0.05) is 26.2 Å². The van der Waals surface area contributed by atoms with Crippen LogP contribution in [0.25, 0.3) is 0 Å². The molecule has 1 unspecified atom stereocenters. The Morgan fingerprint density at radius 3 is 2.13 bits per heavy atom. The van der Waals surface area contributed by atoms with Crippen LogP contribution in [0.4, 0.5) is 0 Å². The van der Waals surface area contributed by atoms with Crippen LogP contribution in [0, 0.1) is 0 Å². The SMILES string of the molecule is CCCCCC(Cl)C[SiH](OCC)OCC. The highest BCUT2D eigenvalue weighted by Gasteiger charge is 2.17. The van der Waals surface area contributed by atoms with Crippen molar-refractivity contribution in [2.24, 2.45) is 0 Å². The molecule has 0 heterocycles. The first-order valence-corrected chi connectivity index (χ1v) is 8.31. The summed E-state index contributed by atoms with van der Waals surface area (Å²) in [4.78, 5) is 0. The highest BCUT2D eigenvalue weighted by atomic mass is 35.5. The van der Waals surface area contributed by atoms with E-state index in [1.807, 2.05) is 13.8 Å². The molecule has 0 aliphatic rings. The molecule has 0 fully saturated rings. The summed E-state index contributed by atoms with van der Waals surface area (Å²) in [5.74, 6) is 0. The summed E-state index contributed by atoms with van der Waals surface area (Å²) >= 11 is 6.26. The molecule has 15 heavy (non-hydrogen) atoms. The highest BCUT2D eigenvalue weighted by molar-refractivity contribution is 6.46. The average molecular weight is 253 g/mol. The van der Waals surface area contributed by atoms with Crippen molar-refractivity contribution in [3.05, 3.63) is 0 Å². The smallest absolute Gasteiger partial charge is 0.322 e. The van der Waals surface area contributed by atoms with Gasteiger partial charge in [-0.3, -0.25) is 0 Å². The summed E-state index contributed by atoms with van der Waals surface area (Å²) in [6.45, 7) is 7.73.